The summed E-state index contributed by atoms with van der Waals surface area (Å²) in [4.78, 5) is 16.2. The Kier molecular flexibility index (Phi) is 5.21. The van der Waals surface area contributed by atoms with Crippen LogP contribution < -0.4 is 5.32 Å². The molecule has 25 heavy (non-hydrogen) atoms. The summed E-state index contributed by atoms with van der Waals surface area (Å²) in [6, 6.07) is 1.56. The van der Waals surface area contributed by atoms with Gasteiger partial charge in [-0.1, -0.05) is 5.16 Å². The first-order chi connectivity index (χ1) is 11.9. The van der Waals surface area contributed by atoms with Gasteiger partial charge in [0.05, 0.1) is 5.92 Å². The van der Waals surface area contributed by atoms with Gasteiger partial charge in [-0.2, -0.15) is 9.29 Å². The highest BCUT2D eigenvalue weighted by Crippen LogP contribution is 2.31. The predicted octanol–water partition coefficient (Wildman–Crippen LogP) is 1.64. The van der Waals surface area contributed by atoms with Gasteiger partial charge in [-0.05, 0) is 25.8 Å². The Labute approximate surface area is 150 Å². The molecule has 0 radical (unpaired) electrons. The summed E-state index contributed by atoms with van der Waals surface area (Å²) in [5.74, 6) is 0.403. The Morgan fingerprint density at radius 1 is 1.52 bits per heavy atom. The van der Waals surface area contributed by atoms with Gasteiger partial charge in [-0.3, -0.25) is 4.79 Å². The first-order valence-electron chi connectivity index (χ1n) is 8.09. The molecule has 8 nitrogen and oxygen atoms in total. The van der Waals surface area contributed by atoms with E-state index in [0.717, 1.165) is 11.3 Å². The summed E-state index contributed by atoms with van der Waals surface area (Å²) in [6.07, 6.45) is 1.37. The van der Waals surface area contributed by atoms with E-state index in [1.807, 2.05) is 6.92 Å². The van der Waals surface area contributed by atoms with Gasteiger partial charge in [0.15, 0.2) is 0 Å². The molecule has 2 aromatic heterocycles. The van der Waals surface area contributed by atoms with Gasteiger partial charge in [-0.15, -0.1) is 11.3 Å². The van der Waals surface area contributed by atoms with Crippen molar-refractivity contribution in [2.24, 2.45) is 5.92 Å². The van der Waals surface area contributed by atoms with Crippen molar-refractivity contribution >= 4 is 27.3 Å². The van der Waals surface area contributed by atoms with Crippen LogP contribution in [0.5, 0.6) is 0 Å². The highest BCUT2D eigenvalue weighted by atomic mass is 32.2. The third-order valence-electron chi connectivity index (χ3n) is 4.06. The smallest absolute Gasteiger partial charge is 0.252 e. The van der Waals surface area contributed by atoms with Crippen molar-refractivity contribution < 1.29 is 17.7 Å². The molecule has 136 valence electrons. The normalized spacial score (nSPS) is 19.0. The molecule has 0 spiro atoms. The van der Waals surface area contributed by atoms with Crippen molar-refractivity contribution in [3.63, 3.8) is 0 Å². The number of aromatic nitrogens is 2. The molecular weight excluding hydrogens is 364 g/mol. The Morgan fingerprint density at radius 3 is 3.00 bits per heavy atom. The Balaban J connectivity index is 1.79. The lowest BCUT2D eigenvalue weighted by Crippen LogP contribution is -2.45. The predicted molar refractivity (Wildman–Crippen MR) is 92.5 cm³/mol. The average Bonchev–Trinajstić information content (AvgIpc) is 3.24. The molecule has 3 heterocycles. The zero-order valence-corrected chi connectivity index (χ0v) is 15.7. The summed E-state index contributed by atoms with van der Waals surface area (Å²) < 4.78 is 32.4. The molecule has 0 aliphatic carbocycles. The van der Waals surface area contributed by atoms with E-state index >= 15 is 0 Å². The van der Waals surface area contributed by atoms with E-state index in [0.29, 0.717) is 43.2 Å². The molecule has 0 bridgehead atoms. The van der Waals surface area contributed by atoms with Crippen LogP contribution in [0.15, 0.2) is 20.2 Å². The number of hydrogen-bond donors (Lipinski definition) is 1. The first kappa shape index (κ1) is 18.0. The van der Waals surface area contributed by atoms with Crippen molar-refractivity contribution in [1.82, 2.24) is 19.8 Å². The second kappa shape index (κ2) is 7.22. The molecular formula is C15H20N4O4S2. The van der Waals surface area contributed by atoms with Crippen LogP contribution in [0.25, 0.3) is 11.4 Å². The monoisotopic (exact) mass is 384 g/mol. The minimum atomic E-state index is -3.64. The Hall–Kier alpha value is -1.78. The lowest BCUT2D eigenvalue weighted by atomic mass is 9.99. The van der Waals surface area contributed by atoms with E-state index in [4.69, 9.17) is 4.52 Å². The molecule has 1 fully saturated rings. The van der Waals surface area contributed by atoms with Gasteiger partial charge in [0.2, 0.25) is 17.6 Å². The quantitative estimate of drug-likeness (QED) is 0.840. The van der Waals surface area contributed by atoms with Crippen LogP contribution >= 0.6 is 11.3 Å². The zero-order valence-electron chi connectivity index (χ0n) is 14.1. The minimum Gasteiger partial charge on any atom is -0.356 e. The van der Waals surface area contributed by atoms with Crippen molar-refractivity contribution in [2.45, 2.75) is 30.9 Å². The third kappa shape index (κ3) is 3.75. The molecule has 0 saturated carbocycles. The van der Waals surface area contributed by atoms with Gasteiger partial charge in [0.25, 0.3) is 10.0 Å². The number of thiophene rings is 1. The van der Waals surface area contributed by atoms with E-state index in [1.54, 1.807) is 18.4 Å². The molecule has 3 rings (SSSR count). The fraction of sp³-hybridized carbons (Fsp3) is 0.533. The van der Waals surface area contributed by atoms with E-state index in [2.05, 4.69) is 15.5 Å². The van der Waals surface area contributed by atoms with Gasteiger partial charge < -0.3 is 9.84 Å². The molecule has 0 aromatic carbocycles. The van der Waals surface area contributed by atoms with Gasteiger partial charge in [-0.25, -0.2) is 8.42 Å². The van der Waals surface area contributed by atoms with Crippen LogP contribution in [0, 0.1) is 12.8 Å². The number of amides is 1. The van der Waals surface area contributed by atoms with Crippen LogP contribution in [0.2, 0.25) is 0 Å². The van der Waals surface area contributed by atoms with E-state index in [1.165, 1.54) is 4.31 Å². The third-order valence-corrected chi connectivity index (χ3v) is 7.34. The van der Waals surface area contributed by atoms with Gasteiger partial charge in [0.1, 0.15) is 4.21 Å². The number of carbonyl (C=O) groups excluding carboxylic acids is 1. The van der Waals surface area contributed by atoms with E-state index in [-0.39, 0.29) is 22.6 Å². The Bertz CT molecular complexity index is 859. The van der Waals surface area contributed by atoms with Crippen LogP contribution in [-0.4, -0.2) is 48.4 Å². The number of piperidine rings is 1. The largest absolute Gasteiger partial charge is 0.356 e. The minimum absolute atomic E-state index is 0.0865. The number of sulfonamides is 1. The number of carbonyl (C=O) groups is 1. The van der Waals surface area contributed by atoms with Crippen molar-refractivity contribution in [2.75, 3.05) is 19.6 Å². The second-order valence-electron chi connectivity index (χ2n) is 5.89. The summed E-state index contributed by atoms with van der Waals surface area (Å²) >= 11 is 1.12. The van der Waals surface area contributed by atoms with E-state index < -0.39 is 10.0 Å². The maximum atomic E-state index is 12.9. The fourth-order valence-corrected chi connectivity index (χ4v) is 5.64. The average molecular weight is 384 g/mol. The van der Waals surface area contributed by atoms with Crippen LogP contribution in [0.1, 0.15) is 25.7 Å². The highest BCUT2D eigenvalue weighted by molar-refractivity contribution is 7.91. The van der Waals surface area contributed by atoms with Crippen LogP contribution in [0.3, 0.4) is 0 Å². The molecule has 0 unspecified atom stereocenters. The molecule has 1 N–H and O–H groups in total. The second-order valence-corrected chi connectivity index (χ2v) is 8.96. The number of nitrogens with zero attached hydrogens (tertiary/aromatic N) is 3. The lowest BCUT2D eigenvalue weighted by Gasteiger charge is -2.30. The summed E-state index contributed by atoms with van der Waals surface area (Å²) in [5, 5.41) is 8.28. The summed E-state index contributed by atoms with van der Waals surface area (Å²) in [6.45, 7) is 4.70. The molecule has 2 aromatic rings. The lowest BCUT2D eigenvalue weighted by molar-refractivity contribution is -0.125. The maximum absolute atomic E-state index is 12.9. The molecule has 1 saturated heterocycles. The fourth-order valence-electron chi connectivity index (χ4n) is 2.81. The maximum Gasteiger partial charge on any atom is 0.252 e. The first-order valence-corrected chi connectivity index (χ1v) is 10.4. The van der Waals surface area contributed by atoms with Gasteiger partial charge in [0, 0.05) is 37.5 Å². The van der Waals surface area contributed by atoms with Gasteiger partial charge >= 0.3 is 0 Å². The van der Waals surface area contributed by atoms with Crippen molar-refractivity contribution in [3.05, 3.63) is 17.3 Å². The standard InChI is InChI=1S/C15H20N4O4S2/c1-3-16-15(20)11-5-4-6-19(8-11)25(21,22)13-7-12(9-24-13)14-17-10(2)23-18-14/h7,9,11H,3-6,8H2,1-2H3,(H,16,20)/t11-/m0/s1. The molecule has 1 atom stereocenters. The van der Waals surface area contributed by atoms with Crippen LogP contribution in [0.4, 0.5) is 0 Å². The number of nitrogens with one attached hydrogen (secondary N) is 1. The number of aryl methyl sites for hydroxylation is 1. The summed E-state index contributed by atoms with van der Waals surface area (Å²) in [5.41, 5.74) is 0.609. The number of hydrogen-bond acceptors (Lipinski definition) is 7. The molecule has 10 heteroatoms. The number of rotatable bonds is 5. The molecule has 1 aliphatic heterocycles. The SMILES string of the molecule is CCNC(=O)[C@H]1CCCN(S(=O)(=O)c2cc(-c3noc(C)n3)cs2)C1. The van der Waals surface area contributed by atoms with Crippen LogP contribution in [-0.2, 0) is 14.8 Å². The Morgan fingerprint density at radius 2 is 2.32 bits per heavy atom. The topological polar surface area (TPSA) is 105 Å². The van der Waals surface area contributed by atoms with Crippen molar-refractivity contribution in [1.29, 1.82) is 0 Å². The molecule has 1 amide bonds. The van der Waals surface area contributed by atoms with E-state index in [9.17, 15) is 13.2 Å². The zero-order chi connectivity index (χ0) is 18.0. The molecule has 1 aliphatic rings. The van der Waals surface area contributed by atoms with Crippen molar-refractivity contribution in [3.8, 4) is 11.4 Å². The highest BCUT2D eigenvalue weighted by Gasteiger charge is 2.34. The summed E-state index contributed by atoms with van der Waals surface area (Å²) in [7, 11) is -3.64.